The van der Waals surface area contributed by atoms with Gasteiger partial charge in [0.05, 0.1) is 12.7 Å². The van der Waals surface area contributed by atoms with Crippen LogP contribution in [0.3, 0.4) is 0 Å². The number of nitrogens with zero attached hydrogens (tertiary/aromatic N) is 4. The highest BCUT2D eigenvalue weighted by atomic mass is 35.5. The minimum Gasteiger partial charge on any atom is -0.366 e. The first kappa shape index (κ1) is 12.9. The van der Waals surface area contributed by atoms with Crippen molar-refractivity contribution in [3.05, 3.63) is 47.4 Å². The van der Waals surface area contributed by atoms with Gasteiger partial charge in [0.1, 0.15) is 0 Å². The van der Waals surface area contributed by atoms with Crippen LogP contribution in [-0.2, 0) is 6.54 Å². The highest BCUT2D eigenvalue weighted by molar-refractivity contribution is 6.34. The summed E-state index contributed by atoms with van der Waals surface area (Å²) in [7, 11) is 0. The average molecular weight is 288 g/mol. The first-order valence-electron chi connectivity index (χ1n) is 6.38. The highest BCUT2D eigenvalue weighted by Gasteiger charge is 2.06. The molecule has 6 heteroatoms. The molecular formula is C14H14ClN5. The Morgan fingerprint density at radius 3 is 2.75 bits per heavy atom. The molecule has 0 radical (unpaired) electrons. The molecule has 0 unspecified atom stereocenters. The number of anilines is 1. The molecule has 0 aliphatic rings. The predicted molar refractivity (Wildman–Crippen MR) is 80.0 cm³/mol. The van der Waals surface area contributed by atoms with E-state index in [1.165, 1.54) is 0 Å². The van der Waals surface area contributed by atoms with E-state index in [1.54, 1.807) is 0 Å². The first-order chi connectivity index (χ1) is 9.74. The molecule has 0 saturated heterocycles. The van der Waals surface area contributed by atoms with Crippen LogP contribution in [0.5, 0.6) is 0 Å². The quantitative estimate of drug-likeness (QED) is 0.802. The summed E-state index contributed by atoms with van der Waals surface area (Å²) in [5.74, 6) is 0.744. The zero-order chi connectivity index (χ0) is 13.9. The Morgan fingerprint density at radius 2 is 2.00 bits per heavy atom. The van der Waals surface area contributed by atoms with Gasteiger partial charge >= 0.3 is 0 Å². The molecule has 1 aromatic carbocycles. The fourth-order valence-corrected chi connectivity index (χ4v) is 2.28. The summed E-state index contributed by atoms with van der Waals surface area (Å²) in [6.07, 6.45) is 3.85. The number of nitrogens with one attached hydrogen (secondary N) is 1. The number of fused-ring (bicyclic) bond motifs is 1. The summed E-state index contributed by atoms with van der Waals surface area (Å²) in [6, 6.07) is 7.82. The Balaban J connectivity index is 1.76. The number of aromatic nitrogens is 4. The van der Waals surface area contributed by atoms with Crippen LogP contribution >= 0.6 is 11.6 Å². The van der Waals surface area contributed by atoms with Gasteiger partial charge in [-0.05, 0) is 12.5 Å². The van der Waals surface area contributed by atoms with Crippen LogP contribution < -0.4 is 5.32 Å². The van der Waals surface area contributed by atoms with Crippen LogP contribution in [0.4, 0.5) is 5.82 Å². The van der Waals surface area contributed by atoms with Gasteiger partial charge in [0.25, 0.3) is 0 Å². The number of benzene rings is 1. The number of rotatable bonds is 4. The van der Waals surface area contributed by atoms with E-state index >= 15 is 0 Å². The fraction of sp³-hybridized carbons (Fsp3) is 0.214. The van der Waals surface area contributed by atoms with Gasteiger partial charge in [0, 0.05) is 23.5 Å². The van der Waals surface area contributed by atoms with E-state index < -0.39 is 0 Å². The predicted octanol–water partition coefficient (Wildman–Crippen LogP) is 2.90. The van der Waals surface area contributed by atoms with Crippen molar-refractivity contribution in [3.8, 4) is 0 Å². The Bertz CT molecular complexity index is 737. The third-order valence-corrected chi connectivity index (χ3v) is 3.32. The minimum atomic E-state index is 0.425. The van der Waals surface area contributed by atoms with Crippen molar-refractivity contribution in [2.75, 3.05) is 11.9 Å². The second-order valence-electron chi connectivity index (χ2n) is 4.59. The largest absolute Gasteiger partial charge is 0.366 e. The molecule has 5 nitrogen and oxygen atoms in total. The first-order valence-corrected chi connectivity index (χ1v) is 6.76. The maximum atomic E-state index is 6.05. The smallest absolute Gasteiger partial charge is 0.159 e. The second-order valence-corrected chi connectivity index (χ2v) is 4.95. The van der Waals surface area contributed by atoms with Crippen molar-refractivity contribution in [1.82, 2.24) is 20.0 Å². The van der Waals surface area contributed by atoms with Gasteiger partial charge in [-0.1, -0.05) is 35.9 Å². The van der Waals surface area contributed by atoms with Gasteiger partial charge in [-0.3, -0.25) is 4.68 Å². The van der Waals surface area contributed by atoms with E-state index in [0.717, 1.165) is 35.2 Å². The van der Waals surface area contributed by atoms with Gasteiger partial charge < -0.3 is 5.32 Å². The summed E-state index contributed by atoms with van der Waals surface area (Å²) in [4.78, 5) is 0. The van der Waals surface area contributed by atoms with Crippen molar-refractivity contribution >= 4 is 28.2 Å². The molecule has 102 valence electrons. The van der Waals surface area contributed by atoms with Crippen LogP contribution in [0.2, 0.25) is 5.15 Å². The minimum absolute atomic E-state index is 0.425. The van der Waals surface area contributed by atoms with Crippen molar-refractivity contribution in [3.63, 3.8) is 0 Å². The monoisotopic (exact) mass is 287 g/mol. The van der Waals surface area contributed by atoms with Gasteiger partial charge in [-0.2, -0.15) is 5.10 Å². The van der Waals surface area contributed by atoms with Gasteiger partial charge in [0.2, 0.25) is 0 Å². The zero-order valence-electron chi connectivity index (χ0n) is 11.0. The molecule has 3 aromatic rings. The molecule has 0 atom stereocenters. The lowest BCUT2D eigenvalue weighted by atomic mass is 10.2. The van der Waals surface area contributed by atoms with Crippen molar-refractivity contribution in [2.24, 2.45) is 0 Å². The normalized spacial score (nSPS) is 10.9. The van der Waals surface area contributed by atoms with Crippen molar-refractivity contribution in [1.29, 1.82) is 0 Å². The molecule has 1 N–H and O–H groups in total. The lowest BCUT2D eigenvalue weighted by molar-refractivity contribution is 0.636. The molecule has 0 fully saturated rings. The Morgan fingerprint density at radius 1 is 1.20 bits per heavy atom. The number of halogens is 1. The molecule has 0 saturated carbocycles. The van der Waals surface area contributed by atoms with Crippen molar-refractivity contribution < 1.29 is 0 Å². The van der Waals surface area contributed by atoms with Crippen LogP contribution in [0.25, 0.3) is 10.8 Å². The third kappa shape index (κ3) is 2.58. The highest BCUT2D eigenvalue weighted by Crippen LogP contribution is 2.25. The molecule has 2 heterocycles. The maximum absolute atomic E-state index is 6.05. The summed E-state index contributed by atoms with van der Waals surface area (Å²) in [6.45, 7) is 3.52. The third-order valence-electron chi connectivity index (χ3n) is 3.04. The summed E-state index contributed by atoms with van der Waals surface area (Å²) in [5.41, 5.74) is 1.15. The molecule has 0 aliphatic heterocycles. The van der Waals surface area contributed by atoms with E-state index in [0.29, 0.717) is 5.15 Å². The van der Waals surface area contributed by atoms with Crippen LogP contribution in [-0.4, -0.2) is 26.5 Å². The number of aryl methyl sites for hydroxylation is 1. The lowest BCUT2D eigenvalue weighted by Gasteiger charge is -2.08. The van der Waals surface area contributed by atoms with Gasteiger partial charge in [-0.25, -0.2) is 0 Å². The fourth-order valence-electron chi connectivity index (χ4n) is 2.08. The molecule has 3 rings (SSSR count). The summed E-state index contributed by atoms with van der Waals surface area (Å²) >= 11 is 6.05. The van der Waals surface area contributed by atoms with E-state index in [2.05, 4.69) is 20.6 Å². The number of hydrogen-bond acceptors (Lipinski definition) is 4. The molecule has 0 aliphatic carbocycles. The van der Waals surface area contributed by atoms with Gasteiger partial charge in [0.15, 0.2) is 11.0 Å². The number of hydrogen-bond donors (Lipinski definition) is 1. The van der Waals surface area contributed by atoms with Crippen LogP contribution in [0.15, 0.2) is 36.7 Å². The Labute approximate surface area is 121 Å². The molecule has 2 aromatic heterocycles. The topological polar surface area (TPSA) is 55.6 Å². The van der Waals surface area contributed by atoms with E-state index in [4.69, 9.17) is 11.6 Å². The van der Waals surface area contributed by atoms with Crippen LogP contribution in [0.1, 0.15) is 5.56 Å². The second kappa shape index (κ2) is 5.46. The van der Waals surface area contributed by atoms with Gasteiger partial charge in [-0.15, -0.1) is 10.2 Å². The molecular weight excluding hydrogens is 274 g/mol. The zero-order valence-corrected chi connectivity index (χ0v) is 11.8. The maximum Gasteiger partial charge on any atom is 0.159 e. The van der Waals surface area contributed by atoms with Crippen molar-refractivity contribution in [2.45, 2.75) is 13.5 Å². The lowest BCUT2D eigenvalue weighted by Crippen LogP contribution is -2.12. The summed E-state index contributed by atoms with van der Waals surface area (Å²) < 4.78 is 1.90. The Kier molecular flexibility index (Phi) is 3.52. The van der Waals surface area contributed by atoms with E-state index in [1.807, 2.05) is 48.3 Å². The molecule has 0 amide bonds. The Hall–Kier alpha value is -2.14. The molecule has 0 spiro atoms. The standard InChI is InChI=1S/C14H14ClN5/c1-10-8-17-20(9-10)7-6-16-14-12-5-3-2-4-11(12)13(15)18-19-14/h2-5,8-9H,6-7H2,1H3,(H,16,19). The average Bonchev–Trinajstić information content (AvgIpc) is 2.87. The molecule has 20 heavy (non-hydrogen) atoms. The summed E-state index contributed by atoms with van der Waals surface area (Å²) in [5, 5.41) is 17.9. The van der Waals surface area contributed by atoms with E-state index in [9.17, 15) is 0 Å². The molecule has 0 bridgehead atoms. The van der Waals surface area contributed by atoms with E-state index in [-0.39, 0.29) is 0 Å². The SMILES string of the molecule is Cc1cnn(CCNc2nnc(Cl)c3ccccc23)c1. The van der Waals surface area contributed by atoms with Crippen LogP contribution in [0, 0.1) is 6.92 Å².